The summed E-state index contributed by atoms with van der Waals surface area (Å²) in [4.78, 5) is 17.4. The fourth-order valence-corrected chi connectivity index (χ4v) is 3.97. The van der Waals surface area contributed by atoms with Crippen molar-refractivity contribution in [1.29, 1.82) is 0 Å². The van der Waals surface area contributed by atoms with E-state index in [0.717, 1.165) is 16.3 Å². The van der Waals surface area contributed by atoms with Crippen LogP contribution in [0.1, 0.15) is 5.56 Å². The first-order chi connectivity index (χ1) is 11.6. The lowest BCUT2D eigenvalue weighted by atomic mass is 10.2. The molecule has 0 saturated heterocycles. The first-order valence-corrected chi connectivity index (χ1v) is 9.06. The van der Waals surface area contributed by atoms with Gasteiger partial charge in [-0.1, -0.05) is 29.8 Å². The van der Waals surface area contributed by atoms with Crippen LogP contribution in [0.15, 0.2) is 47.4 Å². The molecule has 3 nitrogen and oxygen atoms in total. The van der Waals surface area contributed by atoms with Gasteiger partial charge in [-0.2, -0.15) is 0 Å². The standard InChI is InChI=1S/C18H18ClFN2OS/c1-21(11-13-14(19)5-4-6-15(13)20)12-18(23)22-9-10-24-17-8-3-2-7-16(17)22/h2-8H,9-12H2,1H3. The van der Waals surface area contributed by atoms with Crippen LogP contribution < -0.4 is 4.90 Å². The lowest BCUT2D eigenvalue weighted by Crippen LogP contribution is -2.41. The molecule has 0 saturated carbocycles. The number of halogens is 2. The first kappa shape index (κ1) is 17.3. The van der Waals surface area contributed by atoms with Crippen LogP contribution in [0.3, 0.4) is 0 Å². The Hall–Kier alpha value is -1.56. The van der Waals surface area contributed by atoms with Gasteiger partial charge in [0.1, 0.15) is 5.82 Å². The number of para-hydroxylation sites is 1. The van der Waals surface area contributed by atoms with Crippen LogP contribution >= 0.6 is 23.4 Å². The van der Waals surface area contributed by atoms with E-state index in [2.05, 4.69) is 0 Å². The quantitative estimate of drug-likeness (QED) is 0.817. The van der Waals surface area contributed by atoms with Crippen molar-refractivity contribution in [2.45, 2.75) is 11.4 Å². The second kappa shape index (κ2) is 7.55. The van der Waals surface area contributed by atoms with E-state index in [4.69, 9.17) is 11.6 Å². The molecule has 1 aliphatic heterocycles. The van der Waals surface area contributed by atoms with E-state index in [-0.39, 0.29) is 18.3 Å². The highest BCUT2D eigenvalue weighted by Crippen LogP contribution is 2.34. The van der Waals surface area contributed by atoms with Crippen molar-refractivity contribution in [2.24, 2.45) is 0 Å². The van der Waals surface area contributed by atoms with Crippen molar-refractivity contribution in [3.63, 3.8) is 0 Å². The highest BCUT2D eigenvalue weighted by Gasteiger charge is 2.23. The largest absolute Gasteiger partial charge is 0.309 e. The van der Waals surface area contributed by atoms with Gasteiger partial charge in [0.2, 0.25) is 5.91 Å². The predicted molar refractivity (Wildman–Crippen MR) is 97.3 cm³/mol. The first-order valence-electron chi connectivity index (χ1n) is 7.70. The van der Waals surface area contributed by atoms with Gasteiger partial charge in [0.15, 0.2) is 0 Å². The zero-order chi connectivity index (χ0) is 17.1. The zero-order valence-electron chi connectivity index (χ0n) is 13.3. The molecule has 1 amide bonds. The molecule has 24 heavy (non-hydrogen) atoms. The molecule has 0 N–H and O–H groups in total. The Bertz CT molecular complexity index is 735. The van der Waals surface area contributed by atoms with Crippen LogP contribution in [-0.2, 0) is 11.3 Å². The van der Waals surface area contributed by atoms with Crippen molar-refractivity contribution < 1.29 is 9.18 Å². The Morgan fingerprint density at radius 1 is 1.29 bits per heavy atom. The Balaban J connectivity index is 1.69. The number of thioether (sulfide) groups is 1. The van der Waals surface area contributed by atoms with Gasteiger partial charge < -0.3 is 4.90 Å². The van der Waals surface area contributed by atoms with E-state index in [0.29, 0.717) is 23.7 Å². The van der Waals surface area contributed by atoms with Crippen molar-refractivity contribution in [2.75, 3.05) is 30.8 Å². The SMILES string of the molecule is CN(CC(=O)N1CCSc2ccccc21)Cc1c(F)cccc1Cl. The second-order valence-electron chi connectivity index (χ2n) is 5.73. The molecule has 126 valence electrons. The van der Waals surface area contributed by atoms with E-state index in [1.807, 2.05) is 29.2 Å². The van der Waals surface area contributed by atoms with Crippen LogP contribution in [0.25, 0.3) is 0 Å². The van der Waals surface area contributed by atoms with Gasteiger partial charge in [-0.3, -0.25) is 9.69 Å². The lowest BCUT2D eigenvalue weighted by Gasteiger charge is -2.30. The molecule has 6 heteroatoms. The molecule has 2 aromatic carbocycles. The summed E-state index contributed by atoms with van der Waals surface area (Å²) in [6.45, 7) is 1.19. The third kappa shape index (κ3) is 3.74. The number of hydrogen-bond donors (Lipinski definition) is 0. The summed E-state index contributed by atoms with van der Waals surface area (Å²) < 4.78 is 13.9. The molecular formula is C18H18ClFN2OS. The average Bonchev–Trinajstić information content (AvgIpc) is 2.57. The van der Waals surface area contributed by atoms with Gasteiger partial charge in [-0.15, -0.1) is 11.8 Å². The van der Waals surface area contributed by atoms with Crippen molar-refractivity contribution >= 4 is 35.0 Å². The maximum Gasteiger partial charge on any atom is 0.241 e. The zero-order valence-corrected chi connectivity index (χ0v) is 14.9. The summed E-state index contributed by atoms with van der Waals surface area (Å²) >= 11 is 7.82. The topological polar surface area (TPSA) is 23.6 Å². The Morgan fingerprint density at radius 2 is 2.08 bits per heavy atom. The molecule has 0 radical (unpaired) electrons. The van der Waals surface area contributed by atoms with Gasteiger partial charge in [0, 0.05) is 34.3 Å². The van der Waals surface area contributed by atoms with Crippen LogP contribution in [0.2, 0.25) is 5.02 Å². The number of carbonyl (C=O) groups excluding carboxylic acids is 1. The number of hydrogen-bond acceptors (Lipinski definition) is 3. The number of fused-ring (bicyclic) bond motifs is 1. The molecule has 0 unspecified atom stereocenters. The van der Waals surface area contributed by atoms with Crippen molar-refractivity contribution in [3.8, 4) is 0 Å². The molecule has 0 bridgehead atoms. The highest BCUT2D eigenvalue weighted by molar-refractivity contribution is 7.99. The molecule has 0 spiro atoms. The summed E-state index contributed by atoms with van der Waals surface area (Å²) in [6.07, 6.45) is 0. The van der Waals surface area contributed by atoms with E-state index in [1.165, 1.54) is 6.07 Å². The number of rotatable bonds is 4. The summed E-state index contributed by atoms with van der Waals surface area (Å²) in [5.74, 6) is 0.547. The highest BCUT2D eigenvalue weighted by atomic mass is 35.5. The normalized spacial score (nSPS) is 13.9. The Labute approximate surface area is 150 Å². The number of benzene rings is 2. The molecule has 0 aromatic heterocycles. The van der Waals surface area contributed by atoms with E-state index < -0.39 is 0 Å². The third-order valence-corrected chi connectivity index (χ3v) is 5.32. The minimum absolute atomic E-state index is 0.0118. The summed E-state index contributed by atoms with van der Waals surface area (Å²) in [7, 11) is 1.80. The van der Waals surface area contributed by atoms with Gasteiger partial charge >= 0.3 is 0 Å². The maximum absolute atomic E-state index is 13.9. The molecule has 2 aromatic rings. The minimum Gasteiger partial charge on any atom is -0.309 e. The average molecular weight is 365 g/mol. The fraction of sp³-hybridized carbons (Fsp3) is 0.278. The Morgan fingerprint density at radius 3 is 2.88 bits per heavy atom. The van der Waals surface area contributed by atoms with Gasteiger partial charge in [-0.25, -0.2) is 4.39 Å². The van der Waals surface area contributed by atoms with Crippen molar-refractivity contribution in [1.82, 2.24) is 4.90 Å². The molecule has 1 heterocycles. The number of likely N-dealkylation sites (N-methyl/N-ethyl adjacent to an activating group) is 1. The molecule has 3 rings (SSSR count). The van der Waals surface area contributed by atoms with E-state index in [9.17, 15) is 9.18 Å². The van der Waals surface area contributed by atoms with Crippen LogP contribution in [0, 0.1) is 5.82 Å². The summed E-state index contributed by atoms with van der Waals surface area (Å²) in [5, 5.41) is 0.383. The second-order valence-corrected chi connectivity index (χ2v) is 7.28. The third-order valence-electron chi connectivity index (χ3n) is 3.92. The fourth-order valence-electron chi connectivity index (χ4n) is 2.75. The maximum atomic E-state index is 13.9. The predicted octanol–water partition coefficient (Wildman–Crippen LogP) is 4.05. The summed E-state index contributed by atoms with van der Waals surface area (Å²) in [5.41, 5.74) is 1.38. The smallest absolute Gasteiger partial charge is 0.241 e. The number of carbonyl (C=O) groups is 1. The number of amides is 1. The molecular weight excluding hydrogens is 347 g/mol. The minimum atomic E-state index is -0.346. The van der Waals surface area contributed by atoms with E-state index >= 15 is 0 Å². The molecule has 0 aliphatic carbocycles. The molecule has 1 aliphatic rings. The van der Waals surface area contributed by atoms with Crippen molar-refractivity contribution in [3.05, 3.63) is 58.9 Å². The van der Waals surface area contributed by atoms with Crippen LogP contribution in [0.4, 0.5) is 10.1 Å². The molecule has 0 fully saturated rings. The van der Waals surface area contributed by atoms with E-state index in [1.54, 1.807) is 35.8 Å². The van der Waals surface area contributed by atoms with Gasteiger partial charge in [0.05, 0.1) is 12.2 Å². The number of nitrogens with zero attached hydrogens (tertiary/aromatic N) is 2. The van der Waals surface area contributed by atoms with Gasteiger partial charge in [0.25, 0.3) is 0 Å². The van der Waals surface area contributed by atoms with Crippen LogP contribution in [-0.4, -0.2) is 36.7 Å². The van der Waals surface area contributed by atoms with Gasteiger partial charge in [-0.05, 0) is 31.3 Å². The van der Waals surface area contributed by atoms with Crippen LogP contribution in [0.5, 0.6) is 0 Å². The lowest BCUT2D eigenvalue weighted by molar-refractivity contribution is -0.119. The monoisotopic (exact) mass is 364 g/mol. The summed E-state index contributed by atoms with van der Waals surface area (Å²) in [6, 6.07) is 12.5. The Kier molecular flexibility index (Phi) is 5.43. The number of anilines is 1. The molecule has 0 atom stereocenters.